The maximum absolute atomic E-state index is 5.96. The Morgan fingerprint density at radius 2 is 2.00 bits per heavy atom. The Hall–Kier alpha value is -1.83. The number of hydrogen-bond acceptors (Lipinski definition) is 5. The predicted octanol–water partition coefficient (Wildman–Crippen LogP) is 5.83. The van der Waals surface area contributed by atoms with Gasteiger partial charge in [0, 0.05) is 17.2 Å². The first-order valence-corrected chi connectivity index (χ1v) is 11.0. The van der Waals surface area contributed by atoms with Gasteiger partial charge in [0.15, 0.2) is 5.82 Å². The summed E-state index contributed by atoms with van der Waals surface area (Å²) in [5, 5.41) is 14.8. The van der Waals surface area contributed by atoms with E-state index in [9.17, 15) is 0 Å². The Morgan fingerprint density at radius 1 is 1.21 bits per heavy atom. The van der Waals surface area contributed by atoms with E-state index in [0.717, 1.165) is 50.4 Å². The number of nitrogens with zero attached hydrogens (tertiary/aromatic N) is 4. The molecule has 0 bridgehead atoms. The Balaban J connectivity index is 1.80. The molecule has 1 aromatic heterocycles. The number of thioether (sulfide) groups is 1. The van der Waals surface area contributed by atoms with Gasteiger partial charge in [0.05, 0.1) is 17.8 Å². The van der Waals surface area contributed by atoms with E-state index in [1.165, 1.54) is 5.56 Å². The van der Waals surface area contributed by atoms with Crippen molar-refractivity contribution >= 4 is 45.5 Å². The molecule has 0 atom stereocenters. The van der Waals surface area contributed by atoms with Crippen molar-refractivity contribution in [2.24, 2.45) is 5.10 Å². The van der Waals surface area contributed by atoms with Crippen LogP contribution in [0, 0.1) is 0 Å². The van der Waals surface area contributed by atoms with E-state index in [1.807, 2.05) is 47.1 Å². The summed E-state index contributed by atoms with van der Waals surface area (Å²) in [5.74, 6) is 2.41. The molecule has 0 fully saturated rings. The fourth-order valence-electron chi connectivity index (χ4n) is 2.50. The van der Waals surface area contributed by atoms with Gasteiger partial charge < -0.3 is 4.74 Å². The topological polar surface area (TPSA) is 52.3 Å². The molecular weight excluding hydrogens is 460 g/mol. The summed E-state index contributed by atoms with van der Waals surface area (Å²) in [6.07, 6.45) is 3.60. The first-order valence-electron chi connectivity index (χ1n) is 8.80. The van der Waals surface area contributed by atoms with Gasteiger partial charge in [-0.1, -0.05) is 42.4 Å². The molecule has 0 N–H and O–H groups in total. The molecule has 1 heterocycles. The highest BCUT2D eigenvalue weighted by Gasteiger charge is 2.12. The van der Waals surface area contributed by atoms with Crippen LogP contribution in [-0.2, 0) is 12.2 Å². The van der Waals surface area contributed by atoms with E-state index in [1.54, 1.807) is 25.1 Å². The summed E-state index contributed by atoms with van der Waals surface area (Å²) in [5.41, 5.74) is 2.13. The standard InChI is InChI=1S/C20H20BrClN4OS/c1-3-4-19-24-25-20(28-13-14-5-8-16(22)9-6-14)26(19)23-12-15-7-10-18(27-2)17(21)11-15/h5-12H,3-4,13H2,1-2H3/b23-12+. The predicted molar refractivity (Wildman–Crippen MR) is 119 cm³/mol. The second-order valence-corrected chi connectivity index (χ2v) is 8.25. The van der Waals surface area contributed by atoms with Crippen LogP contribution in [0.15, 0.2) is 57.2 Å². The van der Waals surface area contributed by atoms with Gasteiger partial charge in [0.1, 0.15) is 5.75 Å². The van der Waals surface area contributed by atoms with Gasteiger partial charge in [0.25, 0.3) is 0 Å². The van der Waals surface area contributed by atoms with Crippen LogP contribution in [0.1, 0.15) is 30.3 Å². The highest BCUT2D eigenvalue weighted by Crippen LogP contribution is 2.26. The van der Waals surface area contributed by atoms with Crippen molar-refractivity contribution in [2.45, 2.75) is 30.7 Å². The minimum absolute atomic E-state index is 0.734. The zero-order valence-corrected chi connectivity index (χ0v) is 18.8. The summed E-state index contributed by atoms with van der Waals surface area (Å²) >= 11 is 11.1. The maximum Gasteiger partial charge on any atom is 0.212 e. The number of benzene rings is 2. The number of aryl methyl sites for hydroxylation is 1. The lowest BCUT2D eigenvalue weighted by atomic mass is 10.2. The van der Waals surface area contributed by atoms with Crippen molar-refractivity contribution in [3.8, 4) is 5.75 Å². The SMILES string of the molecule is CCCc1nnc(SCc2ccc(Cl)cc2)n1/N=C/c1ccc(OC)c(Br)c1. The zero-order chi connectivity index (χ0) is 19.9. The van der Waals surface area contributed by atoms with E-state index >= 15 is 0 Å². The van der Waals surface area contributed by atoms with E-state index in [4.69, 9.17) is 16.3 Å². The number of rotatable bonds is 8. The van der Waals surface area contributed by atoms with Crippen LogP contribution < -0.4 is 4.74 Å². The van der Waals surface area contributed by atoms with Crippen LogP contribution >= 0.6 is 39.3 Å². The molecule has 5 nitrogen and oxygen atoms in total. The van der Waals surface area contributed by atoms with Gasteiger partial charge in [-0.05, 0) is 63.8 Å². The van der Waals surface area contributed by atoms with Crippen LogP contribution in [0.2, 0.25) is 5.02 Å². The Kier molecular flexibility index (Phi) is 7.53. The van der Waals surface area contributed by atoms with Gasteiger partial charge in [0.2, 0.25) is 5.16 Å². The third-order valence-corrected chi connectivity index (χ3v) is 5.79. The highest BCUT2D eigenvalue weighted by molar-refractivity contribution is 9.10. The largest absolute Gasteiger partial charge is 0.496 e. The van der Waals surface area contributed by atoms with Crippen LogP contribution in [0.25, 0.3) is 0 Å². The summed E-state index contributed by atoms with van der Waals surface area (Å²) in [7, 11) is 1.65. The molecule has 8 heteroatoms. The van der Waals surface area contributed by atoms with Gasteiger partial charge in [-0.25, -0.2) is 0 Å². The van der Waals surface area contributed by atoms with Gasteiger partial charge in [-0.2, -0.15) is 9.78 Å². The van der Waals surface area contributed by atoms with Gasteiger partial charge in [-0.15, -0.1) is 10.2 Å². The number of halogens is 2. The summed E-state index contributed by atoms with van der Waals surface area (Å²) < 4.78 is 7.98. The van der Waals surface area contributed by atoms with Crippen LogP contribution in [-0.4, -0.2) is 28.2 Å². The Bertz CT molecular complexity index is 959. The van der Waals surface area contributed by atoms with E-state index in [0.29, 0.717) is 0 Å². The second-order valence-electron chi connectivity index (χ2n) is 6.01. The Labute approximate surface area is 182 Å². The van der Waals surface area contributed by atoms with Crippen LogP contribution in [0.5, 0.6) is 5.75 Å². The quantitative estimate of drug-likeness (QED) is 0.301. The summed E-state index contributed by atoms with van der Waals surface area (Å²) in [6.45, 7) is 2.11. The number of methoxy groups -OCH3 is 1. The second kappa shape index (κ2) is 10.1. The smallest absolute Gasteiger partial charge is 0.212 e. The lowest BCUT2D eigenvalue weighted by molar-refractivity contribution is 0.412. The molecule has 0 amide bonds. The first kappa shape index (κ1) is 20.9. The fraction of sp³-hybridized carbons (Fsp3) is 0.250. The van der Waals surface area contributed by atoms with Crippen molar-refractivity contribution in [3.05, 3.63) is 68.9 Å². The average Bonchev–Trinajstić information content (AvgIpc) is 3.08. The molecule has 0 aliphatic heterocycles. The number of hydrogen-bond donors (Lipinski definition) is 0. The van der Waals surface area contributed by atoms with E-state index in [-0.39, 0.29) is 0 Å². The lowest BCUT2D eigenvalue weighted by Crippen LogP contribution is -2.00. The molecule has 0 unspecified atom stereocenters. The first-order chi connectivity index (χ1) is 13.6. The zero-order valence-electron chi connectivity index (χ0n) is 15.6. The lowest BCUT2D eigenvalue weighted by Gasteiger charge is -2.05. The molecule has 3 rings (SSSR count). The minimum atomic E-state index is 0.734. The van der Waals surface area contributed by atoms with E-state index in [2.05, 4.69) is 38.2 Å². The summed E-state index contributed by atoms with van der Waals surface area (Å²) in [4.78, 5) is 0. The van der Waals surface area contributed by atoms with Crippen molar-refractivity contribution in [3.63, 3.8) is 0 Å². The van der Waals surface area contributed by atoms with Gasteiger partial charge in [-0.3, -0.25) is 0 Å². The molecular formula is C20H20BrClN4OS. The van der Waals surface area contributed by atoms with Crippen LogP contribution in [0.3, 0.4) is 0 Å². The molecule has 2 aromatic carbocycles. The van der Waals surface area contributed by atoms with Crippen molar-refractivity contribution in [1.29, 1.82) is 0 Å². The third kappa shape index (κ3) is 5.37. The molecule has 0 aliphatic rings. The number of aromatic nitrogens is 3. The molecule has 146 valence electrons. The average molecular weight is 480 g/mol. The fourth-order valence-corrected chi connectivity index (χ4v) is 4.04. The summed E-state index contributed by atoms with van der Waals surface area (Å²) in [6, 6.07) is 13.6. The van der Waals surface area contributed by atoms with Crippen molar-refractivity contribution in [1.82, 2.24) is 14.9 Å². The van der Waals surface area contributed by atoms with Crippen LogP contribution in [0.4, 0.5) is 0 Å². The third-order valence-electron chi connectivity index (χ3n) is 3.93. The highest BCUT2D eigenvalue weighted by atomic mass is 79.9. The molecule has 0 spiro atoms. The normalized spacial score (nSPS) is 11.3. The molecule has 0 radical (unpaired) electrons. The molecule has 0 aliphatic carbocycles. The minimum Gasteiger partial charge on any atom is -0.496 e. The van der Waals surface area contributed by atoms with Crippen molar-refractivity contribution < 1.29 is 4.74 Å². The Morgan fingerprint density at radius 3 is 2.68 bits per heavy atom. The molecule has 3 aromatic rings. The molecule has 0 saturated heterocycles. The number of ether oxygens (including phenoxy) is 1. The maximum atomic E-state index is 5.96. The molecule has 0 saturated carbocycles. The van der Waals surface area contributed by atoms with E-state index < -0.39 is 0 Å². The van der Waals surface area contributed by atoms with Crippen molar-refractivity contribution in [2.75, 3.05) is 7.11 Å². The monoisotopic (exact) mass is 478 g/mol. The molecule has 28 heavy (non-hydrogen) atoms. The van der Waals surface area contributed by atoms with Gasteiger partial charge >= 0.3 is 0 Å².